The van der Waals surface area contributed by atoms with Gasteiger partial charge in [-0.05, 0) is 35.0 Å². The molecule has 0 saturated heterocycles. The van der Waals surface area contributed by atoms with Crippen molar-refractivity contribution in [1.29, 1.82) is 0 Å². The van der Waals surface area contributed by atoms with E-state index in [0.717, 1.165) is 11.3 Å². The first kappa shape index (κ1) is 16.0. The SMILES string of the molecule is Cc1c(CNc2cc(Cl)cc(Br)c2OC(F)F)cnn1C. The van der Waals surface area contributed by atoms with Gasteiger partial charge in [0, 0.05) is 29.9 Å². The number of halogens is 4. The van der Waals surface area contributed by atoms with E-state index >= 15 is 0 Å². The fourth-order valence-corrected chi connectivity index (χ4v) is 2.71. The number of anilines is 1. The van der Waals surface area contributed by atoms with Gasteiger partial charge in [0.15, 0.2) is 5.75 Å². The van der Waals surface area contributed by atoms with Gasteiger partial charge in [0.1, 0.15) is 0 Å². The topological polar surface area (TPSA) is 39.1 Å². The van der Waals surface area contributed by atoms with Crippen LogP contribution in [0.5, 0.6) is 5.75 Å². The summed E-state index contributed by atoms with van der Waals surface area (Å²) in [6.07, 6.45) is 1.72. The van der Waals surface area contributed by atoms with Gasteiger partial charge in [-0.1, -0.05) is 11.6 Å². The van der Waals surface area contributed by atoms with Crippen LogP contribution in [-0.4, -0.2) is 16.4 Å². The van der Waals surface area contributed by atoms with Crippen molar-refractivity contribution >= 4 is 33.2 Å². The van der Waals surface area contributed by atoms with E-state index in [0.29, 0.717) is 21.7 Å². The van der Waals surface area contributed by atoms with E-state index in [2.05, 4.69) is 31.1 Å². The second-order valence-corrected chi connectivity index (χ2v) is 5.67. The molecule has 0 saturated carbocycles. The van der Waals surface area contributed by atoms with Crippen LogP contribution in [0.2, 0.25) is 5.02 Å². The average molecular weight is 381 g/mol. The van der Waals surface area contributed by atoms with Gasteiger partial charge < -0.3 is 10.1 Å². The minimum Gasteiger partial charge on any atom is -0.431 e. The molecular formula is C13H13BrClF2N3O. The van der Waals surface area contributed by atoms with Crippen LogP contribution in [0.4, 0.5) is 14.5 Å². The lowest BCUT2D eigenvalue weighted by molar-refractivity contribution is -0.0498. The highest BCUT2D eigenvalue weighted by atomic mass is 79.9. The summed E-state index contributed by atoms with van der Waals surface area (Å²) in [4.78, 5) is 0. The third-order valence-electron chi connectivity index (χ3n) is 3.02. The largest absolute Gasteiger partial charge is 0.431 e. The maximum atomic E-state index is 12.5. The molecule has 2 aromatic rings. The molecule has 1 aromatic carbocycles. The molecule has 0 bridgehead atoms. The molecule has 0 aliphatic rings. The first-order valence-corrected chi connectivity index (χ1v) is 7.20. The molecular weight excluding hydrogens is 368 g/mol. The van der Waals surface area contributed by atoms with Crippen molar-refractivity contribution in [3.05, 3.63) is 39.1 Å². The Morgan fingerprint density at radius 2 is 2.19 bits per heavy atom. The Kier molecular flexibility index (Phi) is 5.05. The van der Waals surface area contributed by atoms with E-state index in [1.54, 1.807) is 10.9 Å². The van der Waals surface area contributed by atoms with Crippen molar-refractivity contribution in [3.8, 4) is 5.75 Å². The number of benzene rings is 1. The molecule has 1 heterocycles. The molecule has 21 heavy (non-hydrogen) atoms. The third kappa shape index (κ3) is 3.85. The van der Waals surface area contributed by atoms with Gasteiger partial charge in [0.2, 0.25) is 0 Å². The fourth-order valence-electron chi connectivity index (χ4n) is 1.81. The van der Waals surface area contributed by atoms with Gasteiger partial charge >= 0.3 is 6.61 Å². The quantitative estimate of drug-likeness (QED) is 0.838. The molecule has 0 spiro atoms. The summed E-state index contributed by atoms with van der Waals surface area (Å²) in [7, 11) is 1.83. The summed E-state index contributed by atoms with van der Waals surface area (Å²) in [5.41, 5.74) is 2.33. The molecule has 0 atom stereocenters. The van der Waals surface area contributed by atoms with Crippen molar-refractivity contribution in [2.75, 3.05) is 5.32 Å². The molecule has 0 radical (unpaired) electrons. The predicted octanol–water partition coefficient (Wildman–Crippen LogP) is 4.36. The second kappa shape index (κ2) is 6.62. The standard InChI is InChI=1S/C13H13BrClF2N3O/c1-7-8(6-19-20(7)2)5-18-11-4-9(15)3-10(14)12(11)21-13(16)17/h3-4,6,13,18H,5H2,1-2H3. The van der Waals surface area contributed by atoms with Gasteiger partial charge in [0.25, 0.3) is 0 Å². The minimum absolute atomic E-state index is 0.0240. The normalized spacial score (nSPS) is 11.0. The Labute approximate surface area is 134 Å². The molecule has 8 heteroatoms. The van der Waals surface area contributed by atoms with Crippen LogP contribution in [0, 0.1) is 6.92 Å². The number of alkyl halides is 2. The number of nitrogens with one attached hydrogen (secondary N) is 1. The Balaban J connectivity index is 2.24. The highest BCUT2D eigenvalue weighted by Crippen LogP contribution is 2.37. The molecule has 0 unspecified atom stereocenters. The first-order chi connectivity index (χ1) is 9.88. The van der Waals surface area contributed by atoms with Crippen LogP contribution in [0.1, 0.15) is 11.3 Å². The van der Waals surface area contributed by atoms with Crippen LogP contribution >= 0.6 is 27.5 Å². The van der Waals surface area contributed by atoms with Gasteiger partial charge in [-0.2, -0.15) is 13.9 Å². The predicted molar refractivity (Wildman–Crippen MR) is 81.1 cm³/mol. The first-order valence-electron chi connectivity index (χ1n) is 6.03. The molecule has 2 rings (SSSR count). The third-order valence-corrected chi connectivity index (χ3v) is 3.83. The highest BCUT2D eigenvalue weighted by Gasteiger charge is 2.15. The zero-order chi connectivity index (χ0) is 15.6. The summed E-state index contributed by atoms with van der Waals surface area (Å²) in [6, 6.07) is 3.04. The van der Waals surface area contributed by atoms with Crippen LogP contribution in [0.15, 0.2) is 22.8 Å². The van der Waals surface area contributed by atoms with Crippen molar-refractivity contribution in [1.82, 2.24) is 9.78 Å². The number of rotatable bonds is 5. The lowest BCUT2D eigenvalue weighted by Crippen LogP contribution is -2.08. The maximum Gasteiger partial charge on any atom is 0.387 e. The zero-order valence-electron chi connectivity index (χ0n) is 11.3. The van der Waals surface area contributed by atoms with Crippen molar-refractivity contribution in [2.24, 2.45) is 7.05 Å². The lowest BCUT2D eigenvalue weighted by atomic mass is 10.2. The minimum atomic E-state index is -2.91. The number of hydrogen-bond donors (Lipinski definition) is 1. The maximum absolute atomic E-state index is 12.5. The van der Waals surface area contributed by atoms with E-state index in [1.807, 2.05) is 14.0 Å². The Bertz CT molecular complexity index is 649. The fraction of sp³-hybridized carbons (Fsp3) is 0.308. The van der Waals surface area contributed by atoms with Gasteiger partial charge in [-0.15, -0.1) is 0 Å². The van der Waals surface area contributed by atoms with Crippen LogP contribution < -0.4 is 10.1 Å². The number of aromatic nitrogens is 2. The zero-order valence-corrected chi connectivity index (χ0v) is 13.7. The number of hydrogen-bond acceptors (Lipinski definition) is 3. The molecule has 114 valence electrons. The Morgan fingerprint density at radius 3 is 2.76 bits per heavy atom. The Hall–Kier alpha value is -1.34. The number of aryl methyl sites for hydroxylation is 1. The van der Waals surface area contributed by atoms with Crippen molar-refractivity contribution < 1.29 is 13.5 Å². The van der Waals surface area contributed by atoms with Gasteiger partial charge in [0.05, 0.1) is 16.4 Å². The molecule has 1 aromatic heterocycles. The molecule has 0 aliphatic carbocycles. The Morgan fingerprint density at radius 1 is 1.48 bits per heavy atom. The van der Waals surface area contributed by atoms with Gasteiger partial charge in [-0.25, -0.2) is 0 Å². The summed E-state index contributed by atoms with van der Waals surface area (Å²) in [5.74, 6) is 0.0240. The van der Waals surface area contributed by atoms with Crippen LogP contribution in [0.25, 0.3) is 0 Å². The van der Waals surface area contributed by atoms with Crippen LogP contribution in [-0.2, 0) is 13.6 Å². The van der Waals surface area contributed by atoms with Crippen molar-refractivity contribution in [3.63, 3.8) is 0 Å². The number of ether oxygens (including phenoxy) is 1. The summed E-state index contributed by atoms with van der Waals surface area (Å²) < 4.78 is 31.6. The monoisotopic (exact) mass is 379 g/mol. The molecule has 0 aliphatic heterocycles. The molecule has 0 amide bonds. The lowest BCUT2D eigenvalue weighted by Gasteiger charge is -2.15. The summed E-state index contributed by atoms with van der Waals surface area (Å²) >= 11 is 9.12. The highest BCUT2D eigenvalue weighted by molar-refractivity contribution is 9.10. The summed E-state index contributed by atoms with van der Waals surface area (Å²) in [6.45, 7) is -0.566. The van der Waals surface area contributed by atoms with Crippen LogP contribution in [0.3, 0.4) is 0 Å². The van der Waals surface area contributed by atoms with Crippen molar-refractivity contribution in [2.45, 2.75) is 20.1 Å². The molecule has 0 fully saturated rings. The second-order valence-electron chi connectivity index (χ2n) is 4.38. The van der Waals surface area contributed by atoms with E-state index in [9.17, 15) is 8.78 Å². The molecule has 1 N–H and O–H groups in total. The average Bonchev–Trinajstić information content (AvgIpc) is 2.71. The van der Waals surface area contributed by atoms with E-state index in [1.165, 1.54) is 12.1 Å². The van der Waals surface area contributed by atoms with Gasteiger partial charge in [-0.3, -0.25) is 4.68 Å². The smallest absolute Gasteiger partial charge is 0.387 e. The van der Waals surface area contributed by atoms with E-state index in [4.69, 9.17) is 11.6 Å². The van der Waals surface area contributed by atoms with E-state index in [-0.39, 0.29) is 5.75 Å². The van der Waals surface area contributed by atoms with E-state index < -0.39 is 6.61 Å². The number of nitrogens with zero attached hydrogens (tertiary/aromatic N) is 2. The summed E-state index contributed by atoms with van der Waals surface area (Å²) in [5, 5.41) is 7.58. The molecule has 4 nitrogen and oxygen atoms in total.